The first-order valence-electron chi connectivity index (χ1n) is 13.6. The smallest absolute Gasteiger partial charge is 0.220 e. The highest BCUT2D eigenvalue weighted by atomic mass is 32.1. The van der Waals surface area contributed by atoms with E-state index in [9.17, 15) is 20.1 Å². The van der Waals surface area contributed by atoms with Crippen LogP contribution >= 0.6 is 11.3 Å². The molecule has 37 heavy (non-hydrogen) atoms. The van der Waals surface area contributed by atoms with Gasteiger partial charge in [0.15, 0.2) is 5.13 Å². The SMILES string of the molecule is CC(C)C[C@H](CO)NC(=O)C[C@@H]1c2nc(NCc3ccccc3)sc2C[C@@H]2[C@](C)(CO)[C@H](O)CC[C@]21C. The highest BCUT2D eigenvalue weighted by Crippen LogP contribution is 2.62. The molecule has 0 aliphatic heterocycles. The molecule has 2 aliphatic carbocycles. The maximum Gasteiger partial charge on any atom is 0.220 e. The minimum atomic E-state index is -0.647. The van der Waals surface area contributed by atoms with Crippen molar-refractivity contribution in [2.24, 2.45) is 22.7 Å². The zero-order valence-corrected chi connectivity index (χ0v) is 23.4. The van der Waals surface area contributed by atoms with Crippen LogP contribution in [0.5, 0.6) is 0 Å². The number of thiazole rings is 1. The lowest BCUT2D eigenvalue weighted by Crippen LogP contribution is -2.58. The second-order valence-corrected chi connectivity index (χ2v) is 13.1. The topological polar surface area (TPSA) is 115 Å². The number of hydrogen-bond donors (Lipinski definition) is 5. The summed E-state index contributed by atoms with van der Waals surface area (Å²) in [6.45, 7) is 8.85. The quantitative estimate of drug-likeness (QED) is 0.317. The molecule has 1 heterocycles. The number of aromatic nitrogens is 1. The number of nitrogens with zero attached hydrogens (tertiary/aromatic N) is 1. The maximum absolute atomic E-state index is 13.3. The average Bonchev–Trinajstić information content (AvgIpc) is 3.29. The molecule has 1 aromatic carbocycles. The Kier molecular flexibility index (Phi) is 8.63. The highest BCUT2D eigenvalue weighted by molar-refractivity contribution is 7.15. The molecule has 0 saturated heterocycles. The molecule has 4 rings (SSSR count). The van der Waals surface area contributed by atoms with Gasteiger partial charge < -0.3 is 26.0 Å². The molecule has 1 saturated carbocycles. The van der Waals surface area contributed by atoms with Crippen LogP contribution in [0.3, 0.4) is 0 Å². The van der Waals surface area contributed by atoms with E-state index >= 15 is 0 Å². The summed E-state index contributed by atoms with van der Waals surface area (Å²) >= 11 is 1.62. The van der Waals surface area contributed by atoms with Crippen molar-refractivity contribution in [1.82, 2.24) is 10.3 Å². The monoisotopic (exact) mass is 529 g/mol. The van der Waals surface area contributed by atoms with E-state index < -0.39 is 11.5 Å². The fraction of sp³-hybridized carbons (Fsp3) is 0.655. The van der Waals surface area contributed by atoms with Gasteiger partial charge in [0.05, 0.1) is 31.1 Å². The van der Waals surface area contributed by atoms with Crippen LogP contribution in [0.2, 0.25) is 0 Å². The molecular weight excluding hydrogens is 486 g/mol. The zero-order chi connectivity index (χ0) is 26.8. The highest BCUT2D eigenvalue weighted by Gasteiger charge is 2.59. The van der Waals surface area contributed by atoms with Gasteiger partial charge in [0, 0.05) is 29.2 Å². The van der Waals surface area contributed by atoms with Gasteiger partial charge in [0.1, 0.15) is 0 Å². The van der Waals surface area contributed by atoms with Crippen molar-refractivity contribution < 1.29 is 20.1 Å². The van der Waals surface area contributed by atoms with E-state index in [4.69, 9.17) is 4.98 Å². The molecule has 2 aromatic rings. The van der Waals surface area contributed by atoms with E-state index in [1.54, 1.807) is 11.3 Å². The number of fused-ring (bicyclic) bond motifs is 2. The van der Waals surface area contributed by atoms with E-state index in [1.807, 2.05) is 25.1 Å². The van der Waals surface area contributed by atoms with Gasteiger partial charge in [-0.2, -0.15) is 0 Å². The van der Waals surface area contributed by atoms with Crippen molar-refractivity contribution in [1.29, 1.82) is 0 Å². The molecule has 1 amide bonds. The van der Waals surface area contributed by atoms with Crippen LogP contribution in [0.15, 0.2) is 30.3 Å². The Morgan fingerprint density at radius 3 is 2.59 bits per heavy atom. The predicted molar refractivity (Wildman–Crippen MR) is 147 cm³/mol. The van der Waals surface area contributed by atoms with Gasteiger partial charge in [0.25, 0.3) is 0 Å². The lowest BCUT2D eigenvalue weighted by molar-refractivity contribution is -0.144. The molecule has 6 atom stereocenters. The van der Waals surface area contributed by atoms with Crippen LogP contribution in [0.1, 0.15) is 75.4 Å². The second kappa shape index (κ2) is 11.4. The van der Waals surface area contributed by atoms with Gasteiger partial charge in [-0.1, -0.05) is 58.0 Å². The van der Waals surface area contributed by atoms with E-state index in [-0.39, 0.29) is 48.8 Å². The van der Waals surface area contributed by atoms with Gasteiger partial charge in [-0.3, -0.25) is 4.79 Å². The summed E-state index contributed by atoms with van der Waals surface area (Å²) in [5, 5.41) is 38.6. The predicted octanol–water partition coefficient (Wildman–Crippen LogP) is 4.08. The first kappa shape index (κ1) is 28.0. The van der Waals surface area contributed by atoms with Crippen LogP contribution in [0, 0.1) is 22.7 Å². The Hall–Kier alpha value is -2.00. The fourth-order valence-corrected chi connectivity index (χ4v) is 7.78. The van der Waals surface area contributed by atoms with Gasteiger partial charge in [-0.05, 0) is 48.5 Å². The van der Waals surface area contributed by atoms with E-state index in [2.05, 4.69) is 43.5 Å². The summed E-state index contributed by atoms with van der Waals surface area (Å²) in [7, 11) is 0. The summed E-state index contributed by atoms with van der Waals surface area (Å²) in [5.41, 5.74) is 1.20. The molecule has 204 valence electrons. The molecular formula is C29H43N3O4S. The van der Waals surface area contributed by atoms with Gasteiger partial charge in [-0.25, -0.2) is 4.98 Å². The number of anilines is 1. The number of amides is 1. The van der Waals surface area contributed by atoms with Gasteiger partial charge in [-0.15, -0.1) is 11.3 Å². The molecule has 8 heteroatoms. The van der Waals surface area contributed by atoms with E-state index in [0.29, 0.717) is 18.9 Å². The number of benzene rings is 1. The van der Waals surface area contributed by atoms with Crippen molar-refractivity contribution in [3.8, 4) is 0 Å². The molecule has 1 fully saturated rings. The Morgan fingerprint density at radius 2 is 1.95 bits per heavy atom. The largest absolute Gasteiger partial charge is 0.396 e. The normalized spacial score (nSPS) is 29.9. The van der Waals surface area contributed by atoms with Gasteiger partial charge in [0.2, 0.25) is 5.91 Å². The minimum absolute atomic E-state index is 0.0192. The van der Waals surface area contributed by atoms with Crippen molar-refractivity contribution in [3.05, 3.63) is 46.5 Å². The number of aliphatic hydroxyl groups is 3. The molecule has 0 spiro atoms. The van der Waals surface area contributed by atoms with Crippen molar-refractivity contribution in [2.45, 2.75) is 84.4 Å². The standard InChI is InChI=1S/C29H43N3O4S/c1-18(2)12-20(16-33)31-25(36)13-21-26-22(37-27(32-26)30-15-19-8-6-5-7-9-19)14-23-28(21,3)11-10-24(35)29(23,4)17-34/h5-9,18,20-21,23-24,33-35H,10-17H2,1-4H3,(H,30,32)(H,31,36)/t20-,21-,23+,24-,28+,29+/m1/s1. The molecule has 5 N–H and O–H groups in total. The molecule has 0 bridgehead atoms. The third kappa shape index (κ3) is 5.72. The van der Waals surface area contributed by atoms with Crippen LogP contribution < -0.4 is 10.6 Å². The number of rotatable bonds is 10. The molecule has 7 nitrogen and oxygen atoms in total. The van der Waals surface area contributed by atoms with E-state index in [0.717, 1.165) is 35.0 Å². The van der Waals surface area contributed by atoms with Crippen LogP contribution in [-0.4, -0.2) is 51.6 Å². The van der Waals surface area contributed by atoms with Gasteiger partial charge >= 0.3 is 0 Å². The Bertz CT molecular complexity index is 1060. The van der Waals surface area contributed by atoms with Crippen LogP contribution in [0.25, 0.3) is 0 Å². The van der Waals surface area contributed by atoms with Crippen LogP contribution in [0.4, 0.5) is 5.13 Å². The lowest BCUT2D eigenvalue weighted by Gasteiger charge is -2.58. The Balaban J connectivity index is 1.64. The number of hydrogen-bond acceptors (Lipinski definition) is 7. The minimum Gasteiger partial charge on any atom is -0.396 e. The maximum atomic E-state index is 13.3. The van der Waals surface area contributed by atoms with Crippen LogP contribution in [-0.2, 0) is 17.8 Å². The molecule has 1 aromatic heterocycles. The summed E-state index contributed by atoms with van der Waals surface area (Å²) < 4.78 is 0. The summed E-state index contributed by atoms with van der Waals surface area (Å²) in [6.07, 6.45) is 2.50. The van der Waals surface area contributed by atoms with Crippen molar-refractivity contribution in [3.63, 3.8) is 0 Å². The lowest BCUT2D eigenvalue weighted by atomic mass is 9.47. The number of carbonyl (C=O) groups is 1. The summed E-state index contributed by atoms with van der Waals surface area (Å²) in [6, 6.07) is 9.92. The van der Waals surface area contributed by atoms with Crippen molar-refractivity contribution in [2.75, 3.05) is 18.5 Å². The number of carbonyl (C=O) groups excluding carboxylic acids is 1. The van der Waals surface area contributed by atoms with Crippen molar-refractivity contribution >= 4 is 22.4 Å². The number of aliphatic hydroxyl groups excluding tert-OH is 3. The third-order valence-electron chi connectivity index (χ3n) is 8.91. The first-order chi connectivity index (χ1) is 17.6. The third-order valence-corrected chi connectivity index (χ3v) is 9.96. The molecule has 0 unspecified atom stereocenters. The molecule has 0 radical (unpaired) electrons. The number of nitrogens with one attached hydrogen (secondary N) is 2. The Morgan fingerprint density at radius 1 is 1.22 bits per heavy atom. The summed E-state index contributed by atoms with van der Waals surface area (Å²) in [4.78, 5) is 19.5. The summed E-state index contributed by atoms with van der Waals surface area (Å²) in [5.74, 6) is 0.163. The first-order valence-corrected chi connectivity index (χ1v) is 14.4. The average molecular weight is 530 g/mol. The zero-order valence-electron chi connectivity index (χ0n) is 22.5. The fourth-order valence-electron chi connectivity index (χ4n) is 6.72. The molecule has 2 aliphatic rings. The van der Waals surface area contributed by atoms with E-state index in [1.165, 1.54) is 5.56 Å². The Labute approximate surface area is 224 Å². The second-order valence-electron chi connectivity index (χ2n) is 12.0.